The monoisotopic (exact) mass is 543 g/mol. The fourth-order valence-corrected chi connectivity index (χ4v) is 5.62. The Balaban J connectivity index is 0.00000122. The van der Waals surface area contributed by atoms with Crippen molar-refractivity contribution in [2.75, 3.05) is 13.1 Å². The summed E-state index contributed by atoms with van der Waals surface area (Å²) in [5, 5.41) is 13.8. The normalized spacial score (nSPS) is 15.4. The Morgan fingerprint density at radius 2 is 1.58 bits per heavy atom. The minimum absolute atomic E-state index is 0.0509. The zero-order valence-electron chi connectivity index (χ0n) is 21.3. The molecule has 1 unspecified atom stereocenters. The SMILES string of the molecule is Cc1cccc(CN2CCCCC2)c1Pc1cc(C(C)(C)C)cc(C(C)(C)C)c1O.[Cl][Ti][Cl]. The zero-order chi connectivity index (χ0) is 24.8. The summed E-state index contributed by atoms with van der Waals surface area (Å²) in [6, 6.07) is 11.2. The van der Waals surface area contributed by atoms with Crippen LogP contribution in [0.15, 0.2) is 30.3 Å². The average molecular weight is 544 g/mol. The quantitative estimate of drug-likeness (QED) is 0.323. The molecular weight excluding hydrogens is 504 g/mol. The number of piperidine rings is 1. The van der Waals surface area contributed by atoms with Crippen molar-refractivity contribution in [1.82, 2.24) is 4.90 Å². The Bertz CT molecular complexity index is 916. The third kappa shape index (κ3) is 8.52. The molecule has 2 aromatic rings. The molecule has 33 heavy (non-hydrogen) atoms. The van der Waals surface area contributed by atoms with Gasteiger partial charge in [0.05, 0.1) is 0 Å². The van der Waals surface area contributed by atoms with E-state index in [-0.39, 0.29) is 10.8 Å². The maximum absolute atomic E-state index is 11.3. The van der Waals surface area contributed by atoms with Gasteiger partial charge in [-0.2, -0.15) is 0 Å². The van der Waals surface area contributed by atoms with E-state index in [0.29, 0.717) is 14.3 Å². The van der Waals surface area contributed by atoms with Gasteiger partial charge >= 0.3 is 35.6 Å². The van der Waals surface area contributed by atoms with Crippen molar-refractivity contribution in [3.63, 3.8) is 0 Å². The third-order valence-electron chi connectivity index (χ3n) is 6.25. The van der Waals surface area contributed by atoms with Crippen LogP contribution in [0.3, 0.4) is 0 Å². The van der Waals surface area contributed by atoms with Crippen LogP contribution in [-0.4, -0.2) is 23.1 Å². The van der Waals surface area contributed by atoms with Gasteiger partial charge in [0.25, 0.3) is 0 Å². The first-order valence-electron chi connectivity index (χ1n) is 11.8. The van der Waals surface area contributed by atoms with E-state index < -0.39 is 17.0 Å². The second-order valence-corrected chi connectivity index (χ2v) is 14.9. The molecule has 2 nitrogen and oxygen atoms in total. The Labute approximate surface area is 220 Å². The second-order valence-electron chi connectivity index (χ2n) is 11.1. The van der Waals surface area contributed by atoms with E-state index in [1.165, 1.54) is 54.3 Å². The fraction of sp³-hybridized carbons (Fsp3) is 0.556. The number of hydrogen-bond donors (Lipinski definition) is 1. The van der Waals surface area contributed by atoms with E-state index >= 15 is 0 Å². The van der Waals surface area contributed by atoms with Crippen LogP contribution >= 0.6 is 27.2 Å². The van der Waals surface area contributed by atoms with Crippen LogP contribution in [0.25, 0.3) is 0 Å². The van der Waals surface area contributed by atoms with Gasteiger partial charge in [0.1, 0.15) is 5.75 Å². The van der Waals surface area contributed by atoms with Crippen LogP contribution < -0.4 is 10.6 Å². The predicted octanol–water partition coefficient (Wildman–Crippen LogP) is 7.29. The van der Waals surface area contributed by atoms with Crippen molar-refractivity contribution in [2.45, 2.75) is 85.1 Å². The number of hydrogen-bond acceptors (Lipinski definition) is 2. The molecule has 1 fully saturated rings. The molecule has 0 radical (unpaired) electrons. The van der Waals surface area contributed by atoms with Gasteiger partial charge in [0, 0.05) is 17.4 Å². The minimum atomic E-state index is -0.556. The van der Waals surface area contributed by atoms with Gasteiger partial charge in [-0.1, -0.05) is 80.8 Å². The number of phenols is 1. The molecule has 0 bridgehead atoms. The molecule has 182 valence electrons. The predicted molar refractivity (Wildman–Crippen MR) is 145 cm³/mol. The molecule has 2 aromatic carbocycles. The molecule has 1 aliphatic heterocycles. The number of aromatic hydroxyl groups is 1. The summed E-state index contributed by atoms with van der Waals surface area (Å²) in [4.78, 5) is 2.60. The van der Waals surface area contributed by atoms with Crippen LogP contribution in [0, 0.1) is 6.92 Å². The summed E-state index contributed by atoms with van der Waals surface area (Å²) in [5.74, 6) is 0.487. The van der Waals surface area contributed by atoms with E-state index in [1.54, 1.807) is 0 Å². The number of benzene rings is 2. The van der Waals surface area contributed by atoms with Gasteiger partial charge in [-0.05, 0) is 71.7 Å². The summed E-state index contributed by atoms with van der Waals surface area (Å²) >= 11 is -0.556. The van der Waals surface area contributed by atoms with Gasteiger partial charge in [0.15, 0.2) is 0 Å². The summed E-state index contributed by atoms with van der Waals surface area (Å²) in [5.41, 5.74) is 5.08. The summed E-state index contributed by atoms with van der Waals surface area (Å²) in [6.07, 6.45) is 3.99. The molecule has 3 rings (SSSR count). The number of rotatable bonds is 4. The summed E-state index contributed by atoms with van der Waals surface area (Å²) < 4.78 is 0. The Kier molecular flexibility index (Phi) is 11.3. The van der Waals surface area contributed by atoms with E-state index in [4.69, 9.17) is 18.6 Å². The van der Waals surface area contributed by atoms with E-state index in [2.05, 4.69) is 83.7 Å². The van der Waals surface area contributed by atoms with E-state index in [0.717, 1.165) is 17.4 Å². The van der Waals surface area contributed by atoms with Crippen LogP contribution in [0.5, 0.6) is 5.75 Å². The topological polar surface area (TPSA) is 23.5 Å². The molecule has 6 heteroatoms. The fourth-order valence-electron chi connectivity index (χ4n) is 4.27. The first-order valence-corrected chi connectivity index (χ1v) is 17.1. The van der Waals surface area contributed by atoms with E-state index in [1.807, 2.05) is 0 Å². The van der Waals surface area contributed by atoms with Gasteiger partial charge in [-0.3, -0.25) is 4.90 Å². The number of likely N-dealkylation sites (tertiary alicyclic amines) is 1. The molecule has 1 atom stereocenters. The molecule has 0 aliphatic carbocycles. The number of phenolic OH excluding ortho intramolecular Hbond substituents is 1. The van der Waals surface area contributed by atoms with Crippen molar-refractivity contribution in [2.24, 2.45) is 0 Å². The Morgan fingerprint density at radius 3 is 2.12 bits per heavy atom. The molecule has 0 aromatic heterocycles. The van der Waals surface area contributed by atoms with Crippen LogP contribution in [0.2, 0.25) is 0 Å². The Morgan fingerprint density at radius 1 is 0.970 bits per heavy atom. The molecule has 0 spiro atoms. The molecule has 0 saturated carbocycles. The standard InChI is InChI=1S/C27H40NOP.2ClH.Ti/c1-19-12-11-13-20(18-28-14-9-8-10-15-28)25(19)30-23-17-21(26(2,3)4)16-22(24(23)29)27(5,6)7;;;/h11-13,16-17,29-30H,8-10,14-15,18H2,1-7H3;2*1H;/q;;;+2/p-2. The molecular formula is C27H40Cl2NOPTi. The summed E-state index contributed by atoms with van der Waals surface area (Å²) in [7, 11) is 10.2. The zero-order valence-corrected chi connectivity index (χ0v) is 25.4. The first kappa shape index (κ1) is 29.2. The molecule has 0 amide bonds. The van der Waals surface area contributed by atoms with Gasteiger partial charge in [-0.15, -0.1) is 0 Å². The van der Waals surface area contributed by atoms with E-state index in [9.17, 15) is 5.11 Å². The summed E-state index contributed by atoms with van der Waals surface area (Å²) in [6.45, 7) is 19.0. The van der Waals surface area contributed by atoms with Gasteiger partial charge in [-0.25, -0.2) is 0 Å². The average Bonchev–Trinajstić information content (AvgIpc) is 2.71. The van der Waals surface area contributed by atoms with Crippen molar-refractivity contribution < 1.29 is 22.1 Å². The molecule has 1 heterocycles. The molecule has 1 N–H and O–H groups in total. The third-order valence-corrected chi connectivity index (χ3v) is 7.86. The number of halogens is 2. The van der Waals surface area contributed by atoms with Gasteiger partial charge in [0.2, 0.25) is 0 Å². The van der Waals surface area contributed by atoms with Crippen molar-refractivity contribution in [3.05, 3.63) is 52.6 Å². The first-order chi connectivity index (χ1) is 15.4. The van der Waals surface area contributed by atoms with Gasteiger partial charge < -0.3 is 5.11 Å². The number of aryl methyl sites for hydroxylation is 1. The number of nitrogens with zero attached hydrogens (tertiary/aromatic N) is 1. The maximum atomic E-state index is 11.3. The Hall–Kier alpha value is -0.0757. The molecule has 1 saturated heterocycles. The van der Waals surface area contributed by atoms with Crippen molar-refractivity contribution in [1.29, 1.82) is 0 Å². The molecule has 1 aliphatic rings. The van der Waals surface area contributed by atoms with Crippen LogP contribution in [-0.2, 0) is 34.4 Å². The van der Waals surface area contributed by atoms with Crippen molar-refractivity contribution >= 4 is 37.8 Å². The van der Waals surface area contributed by atoms with Crippen LogP contribution in [0.4, 0.5) is 0 Å². The van der Waals surface area contributed by atoms with Crippen molar-refractivity contribution in [3.8, 4) is 5.75 Å². The van der Waals surface area contributed by atoms with Crippen LogP contribution in [0.1, 0.15) is 83.1 Å². The second kappa shape index (κ2) is 12.8.